The van der Waals surface area contributed by atoms with E-state index in [9.17, 15) is 9.90 Å². The number of carbonyl (C=O) groups excluding carboxylic acids is 1. The number of para-hydroxylation sites is 1. The maximum Gasteiger partial charge on any atom is 0.230 e. The number of hydrogen-bond acceptors (Lipinski definition) is 3. The minimum absolute atomic E-state index is 0.0399. The number of aliphatic hydroxyl groups excluding tert-OH is 1. The number of H-pyrrole nitrogens is 1. The van der Waals surface area contributed by atoms with Crippen molar-refractivity contribution in [1.82, 2.24) is 9.97 Å². The molecule has 1 atom stereocenters. The van der Waals surface area contributed by atoms with E-state index in [2.05, 4.69) is 9.97 Å². The van der Waals surface area contributed by atoms with Crippen molar-refractivity contribution >= 4 is 11.6 Å². The smallest absolute Gasteiger partial charge is 0.230 e. The number of aryl methyl sites for hydroxylation is 2. The summed E-state index contributed by atoms with van der Waals surface area (Å²) >= 11 is 0. The number of nitrogens with one attached hydrogen (secondary N) is 1. The van der Waals surface area contributed by atoms with Crippen molar-refractivity contribution in [3.8, 4) is 0 Å². The highest BCUT2D eigenvalue weighted by molar-refractivity contribution is 5.95. The number of benzene rings is 1. The first kappa shape index (κ1) is 14.8. The minimum Gasteiger partial charge on any atom is -0.395 e. The van der Waals surface area contributed by atoms with Crippen LogP contribution in [0, 0.1) is 12.8 Å². The Hall–Kier alpha value is -2.14. The number of aromatic amines is 1. The highest BCUT2D eigenvalue weighted by atomic mass is 16.3. The van der Waals surface area contributed by atoms with Gasteiger partial charge in [0.1, 0.15) is 5.82 Å². The number of anilines is 1. The molecular formula is C17H21N3O2. The summed E-state index contributed by atoms with van der Waals surface area (Å²) < 4.78 is 0. The van der Waals surface area contributed by atoms with Gasteiger partial charge in [-0.15, -0.1) is 0 Å². The molecule has 2 N–H and O–H groups in total. The van der Waals surface area contributed by atoms with Crippen LogP contribution in [0.4, 0.5) is 5.69 Å². The van der Waals surface area contributed by atoms with E-state index in [0.717, 1.165) is 35.7 Å². The number of aromatic nitrogens is 2. The van der Waals surface area contributed by atoms with Crippen molar-refractivity contribution in [3.05, 3.63) is 47.5 Å². The normalized spacial score (nSPS) is 17.1. The van der Waals surface area contributed by atoms with E-state index in [1.165, 1.54) is 0 Å². The Labute approximate surface area is 130 Å². The Morgan fingerprint density at radius 3 is 2.91 bits per heavy atom. The van der Waals surface area contributed by atoms with Crippen LogP contribution in [0.3, 0.4) is 0 Å². The Balaban J connectivity index is 1.80. The number of imidazole rings is 1. The van der Waals surface area contributed by atoms with Crippen molar-refractivity contribution in [3.63, 3.8) is 0 Å². The van der Waals surface area contributed by atoms with Crippen molar-refractivity contribution in [2.24, 2.45) is 5.92 Å². The molecule has 1 aliphatic carbocycles. The van der Waals surface area contributed by atoms with Crippen LogP contribution in [0.15, 0.2) is 30.3 Å². The van der Waals surface area contributed by atoms with Gasteiger partial charge in [0.2, 0.25) is 5.91 Å². The van der Waals surface area contributed by atoms with Crippen LogP contribution in [0.2, 0.25) is 0 Å². The van der Waals surface area contributed by atoms with Gasteiger partial charge in [0.25, 0.3) is 0 Å². The van der Waals surface area contributed by atoms with Gasteiger partial charge >= 0.3 is 0 Å². The molecule has 1 aromatic heterocycles. The van der Waals surface area contributed by atoms with Crippen LogP contribution in [0.5, 0.6) is 0 Å². The zero-order valence-corrected chi connectivity index (χ0v) is 12.7. The molecule has 1 heterocycles. The molecule has 0 bridgehead atoms. The molecule has 116 valence electrons. The lowest BCUT2D eigenvalue weighted by atomic mass is 9.88. The summed E-state index contributed by atoms with van der Waals surface area (Å²) in [6.07, 6.45) is 2.34. The molecule has 1 unspecified atom stereocenters. The lowest BCUT2D eigenvalue weighted by Gasteiger charge is -2.28. The van der Waals surface area contributed by atoms with Crippen molar-refractivity contribution in [2.75, 3.05) is 18.1 Å². The molecule has 5 heteroatoms. The van der Waals surface area contributed by atoms with Crippen molar-refractivity contribution < 1.29 is 9.90 Å². The van der Waals surface area contributed by atoms with E-state index in [1.807, 2.05) is 37.3 Å². The topological polar surface area (TPSA) is 69.2 Å². The van der Waals surface area contributed by atoms with Crippen LogP contribution in [-0.4, -0.2) is 34.1 Å². The highest BCUT2D eigenvalue weighted by Gasteiger charge is 2.30. The first-order valence-corrected chi connectivity index (χ1v) is 7.70. The van der Waals surface area contributed by atoms with Gasteiger partial charge in [-0.05, 0) is 31.9 Å². The number of rotatable bonds is 4. The average molecular weight is 299 g/mol. The number of carbonyl (C=O) groups is 1. The molecular weight excluding hydrogens is 278 g/mol. The summed E-state index contributed by atoms with van der Waals surface area (Å²) in [5.74, 6) is 0.936. The largest absolute Gasteiger partial charge is 0.395 e. The number of hydrogen-bond donors (Lipinski definition) is 2. The van der Waals surface area contributed by atoms with Crippen LogP contribution < -0.4 is 4.90 Å². The molecule has 1 aromatic carbocycles. The third kappa shape index (κ3) is 2.90. The van der Waals surface area contributed by atoms with Gasteiger partial charge in [0.15, 0.2) is 0 Å². The van der Waals surface area contributed by atoms with Gasteiger partial charge in [-0.3, -0.25) is 4.79 Å². The number of fused-ring (bicyclic) bond motifs is 1. The highest BCUT2D eigenvalue weighted by Crippen LogP contribution is 2.27. The van der Waals surface area contributed by atoms with E-state index in [1.54, 1.807) is 4.90 Å². The number of nitrogens with zero attached hydrogens (tertiary/aromatic N) is 2. The summed E-state index contributed by atoms with van der Waals surface area (Å²) in [5.41, 5.74) is 3.02. The molecule has 3 rings (SSSR count). The minimum atomic E-state index is -0.0564. The van der Waals surface area contributed by atoms with Crippen LogP contribution in [-0.2, 0) is 17.6 Å². The molecule has 5 nitrogen and oxygen atoms in total. The second-order valence-electron chi connectivity index (χ2n) is 5.74. The Morgan fingerprint density at radius 1 is 1.41 bits per heavy atom. The maximum absolute atomic E-state index is 12.9. The molecule has 0 saturated heterocycles. The molecule has 1 amide bonds. The van der Waals surface area contributed by atoms with E-state index < -0.39 is 0 Å². The lowest BCUT2D eigenvalue weighted by molar-refractivity contribution is -0.122. The van der Waals surface area contributed by atoms with Crippen molar-refractivity contribution in [1.29, 1.82) is 0 Å². The molecule has 0 radical (unpaired) electrons. The summed E-state index contributed by atoms with van der Waals surface area (Å²) in [6, 6.07) is 9.55. The molecule has 0 fully saturated rings. The zero-order chi connectivity index (χ0) is 15.5. The molecule has 22 heavy (non-hydrogen) atoms. The summed E-state index contributed by atoms with van der Waals surface area (Å²) in [7, 11) is 0. The Bertz CT molecular complexity index is 651. The summed E-state index contributed by atoms with van der Waals surface area (Å²) in [4.78, 5) is 22.3. The van der Waals surface area contributed by atoms with Gasteiger partial charge in [0.05, 0.1) is 12.3 Å². The maximum atomic E-state index is 12.9. The van der Waals surface area contributed by atoms with Gasteiger partial charge in [-0.1, -0.05) is 18.2 Å². The van der Waals surface area contributed by atoms with Gasteiger partial charge < -0.3 is 15.0 Å². The average Bonchev–Trinajstić information content (AvgIpc) is 2.92. The van der Waals surface area contributed by atoms with Gasteiger partial charge in [-0.25, -0.2) is 4.98 Å². The zero-order valence-electron chi connectivity index (χ0n) is 12.7. The van der Waals surface area contributed by atoms with E-state index in [4.69, 9.17) is 0 Å². The fourth-order valence-electron chi connectivity index (χ4n) is 3.13. The van der Waals surface area contributed by atoms with Crippen LogP contribution in [0.25, 0.3) is 0 Å². The fraction of sp³-hybridized carbons (Fsp3) is 0.412. The van der Waals surface area contributed by atoms with Gasteiger partial charge in [-0.2, -0.15) is 0 Å². The van der Waals surface area contributed by atoms with E-state index in [-0.39, 0.29) is 18.4 Å². The Kier molecular flexibility index (Phi) is 4.24. The summed E-state index contributed by atoms with van der Waals surface area (Å²) in [5, 5.41) is 9.30. The van der Waals surface area contributed by atoms with E-state index in [0.29, 0.717) is 13.0 Å². The monoisotopic (exact) mass is 299 g/mol. The molecule has 1 aliphatic rings. The van der Waals surface area contributed by atoms with Crippen molar-refractivity contribution in [2.45, 2.75) is 26.2 Å². The molecule has 0 saturated carbocycles. The Morgan fingerprint density at radius 2 is 2.18 bits per heavy atom. The molecule has 0 aliphatic heterocycles. The lowest BCUT2D eigenvalue weighted by Crippen LogP contribution is -2.40. The van der Waals surface area contributed by atoms with Gasteiger partial charge in [0, 0.05) is 30.3 Å². The predicted octanol–water partition coefficient (Wildman–Crippen LogP) is 1.85. The summed E-state index contributed by atoms with van der Waals surface area (Å²) in [6.45, 7) is 2.23. The second kappa shape index (κ2) is 6.32. The molecule has 0 spiro atoms. The standard InChI is InChI=1S/C17H21N3O2/c1-12-18-15-8-7-13(11-16(15)19-12)17(22)20(9-10-21)14-5-3-2-4-6-14/h2-6,13,21H,7-11H2,1H3,(H,18,19). The third-order valence-corrected chi connectivity index (χ3v) is 4.17. The second-order valence-corrected chi connectivity index (χ2v) is 5.74. The SMILES string of the molecule is Cc1nc2c([nH]1)CC(C(=O)N(CCO)c1ccccc1)CC2. The number of aliphatic hydroxyl groups is 1. The molecule has 2 aromatic rings. The quantitative estimate of drug-likeness (QED) is 0.905. The third-order valence-electron chi connectivity index (χ3n) is 4.17. The predicted molar refractivity (Wildman–Crippen MR) is 84.7 cm³/mol. The van der Waals surface area contributed by atoms with Crippen LogP contribution in [0.1, 0.15) is 23.6 Å². The first-order valence-electron chi connectivity index (χ1n) is 7.70. The number of amides is 1. The first-order chi connectivity index (χ1) is 10.7. The van der Waals surface area contributed by atoms with Crippen LogP contribution >= 0.6 is 0 Å². The fourth-order valence-corrected chi connectivity index (χ4v) is 3.13. The van der Waals surface area contributed by atoms with E-state index >= 15 is 0 Å².